The van der Waals surface area contributed by atoms with Crippen molar-refractivity contribution in [2.24, 2.45) is 0 Å². The lowest BCUT2D eigenvalue weighted by atomic mass is 10.1. The Morgan fingerprint density at radius 1 is 1.17 bits per heavy atom. The van der Waals surface area contributed by atoms with Crippen LogP contribution in [-0.4, -0.2) is 32.7 Å². The predicted molar refractivity (Wildman–Crippen MR) is 120 cm³/mol. The lowest BCUT2D eigenvalue weighted by Gasteiger charge is -2.30. The summed E-state index contributed by atoms with van der Waals surface area (Å²) in [4.78, 5) is 14.7. The third-order valence-corrected chi connectivity index (χ3v) is 6.76. The molecule has 1 atom stereocenters. The molecule has 3 aromatic rings. The first kappa shape index (κ1) is 23.8. The summed E-state index contributed by atoms with van der Waals surface area (Å²) in [6.07, 6.45) is 1.10. The number of rotatable bonds is 4. The third-order valence-electron chi connectivity index (χ3n) is 6.41. The standard InChI is InChI=1S/C23H22ClF4N5O2/c24-21-19(11-30-33(22(21)34)20-3-1-2-8-35-20)31-7-6-18-15(12-31)10-29-32(18)13-14-4-5-16(25)9-17(14)23(26,27)28/h4-5,9-11,20H,1-3,6-8,12-13H2. The molecule has 2 aromatic heterocycles. The lowest BCUT2D eigenvalue weighted by Crippen LogP contribution is -2.35. The number of ether oxygens (including phenoxy) is 1. The van der Waals surface area contributed by atoms with Crippen LogP contribution in [0.2, 0.25) is 5.02 Å². The summed E-state index contributed by atoms with van der Waals surface area (Å²) in [6, 6.07) is 2.65. The minimum atomic E-state index is -4.67. The molecule has 0 aliphatic carbocycles. The van der Waals surface area contributed by atoms with Gasteiger partial charge in [-0.2, -0.15) is 28.1 Å². The van der Waals surface area contributed by atoms with Gasteiger partial charge in [0, 0.05) is 37.4 Å². The minimum absolute atomic E-state index is 0.0474. The summed E-state index contributed by atoms with van der Waals surface area (Å²) in [5.74, 6) is -0.943. The van der Waals surface area contributed by atoms with Crippen molar-refractivity contribution in [1.29, 1.82) is 0 Å². The van der Waals surface area contributed by atoms with E-state index in [0.717, 1.165) is 36.2 Å². The van der Waals surface area contributed by atoms with E-state index in [1.54, 1.807) is 12.4 Å². The number of halogens is 5. The summed E-state index contributed by atoms with van der Waals surface area (Å²) >= 11 is 6.43. The SMILES string of the molecule is O=c1c(Cl)c(N2CCc3c(cnn3Cc3ccc(F)cc3C(F)(F)F)C2)cnn1C1CCCCO1. The smallest absolute Gasteiger partial charge is 0.364 e. The van der Waals surface area contributed by atoms with Crippen molar-refractivity contribution in [3.05, 3.63) is 74.2 Å². The molecular formula is C23H22ClF4N5O2. The molecule has 0 amide bonds. The average Bonchev–Trinajstić information content (AvgIpc) is 3.23. The highest BCUT2D eigenvalue weighted by Crippen LogP contribution is 2.34. The predicted octanol–water partition coefficient (Wildman–Crippen LogP) is 4.56. The number of benzene rings is 1. The van der Waals surface area contributed by atoms with Crippen LogP contribution in [-0.2, 0) is 30.4 Å². The molecular weight excluding hydrogens is 490 g/mol. The highest BCUT2D eigenvalue weighted by Gasteiger charge is 2.34. The molecule has 1 fully saturated rings. The minimum Gasteiger partial charge on any atom is -0.364 e. The Balaban J connectivity index is 1.37. The fraction of sp³-hybridized carbons (Fsp3) is 0.435. The molecule has 1 aromatic carbocycles. The number of aromatic nitrogens is 4. The van der Waals surface area contributed by atoms with Crippen LogP contribution in [0.5, 0.6) is 0 Å². The zero-order valence-corrected chi connectivity index (χ0v) is 19.3. The Hall–Kier alpha value is -2.92. The normalized spacial score (nSPS) is 18.5. The van der Waals surface area contributed by atoms with Crippen LogP contribution >= 0.6 is 11.6 Å². The fourth-order valence-electron chi connectivity index (χ4n) is 4.63. The number of hydrogen-bond donors (Lipinski definition) is 0. The molecule has 1 unspecified atom stereocenters. The first-order chi connectivity index (χ1) is 16.7. The lowest BCUT2D eigenvalue weighted by molar-refractivity contribution is -0.138. The van der Waals surface area contributed by atoms with E-state index in [2.05, 4.69) is 10.2 Å². The van der Waals surface area contributed by atoms with Crippen LogP contribution in [0.15, 0.2) is 35.4 Å². The van der Waals surface area contributed by atoms with Crippen LogP contribution in [0.3, 0.4) is 0 Å². The molecule has 0 spiro atoms. The molecule has 2 aliphatic heterocycles. The van der Waals surface area contributed by atoms with Crippen molar-refractivity contribution < 1.29 is 22.3 Å². The molecule has 2 aliphatic rings. The van der Waals surface area contributed by atoms with Crippen molar-refractivity contribution in [2.45, 2.75) is 51.2 Å². The average molecular weight is 512 g/mol. The second kappa shape index (κ2) is 9.27. The Kier molecular flexibility index (Phi) is 6.30. The second-order valence-corrected chi connectivity index (χ2v) is 9.04. The van der Waals surface area contributed by atoms with Gasteiger partial charge in [-0.25, -0.2) is 4.39 Å². The van der Waals surface area contributed by atoms with Crippen LogP contribution in [0.4, 0.5) is 23.2 Å². The molecule has 4 heterocycles. The van der Waals surface area contributed by atoms with E-state index in [1.165, 1.54) is 9.36 Å². The summed E-state index contributed by atoms with van der Waals surface area (Å²) in [5, 5.41) is 8.62. The van der Waals surface area contributed by atoms with Gasteiger partial charge in [0.2, 0.25) is 0 Å². The van der Waals surface area contributed by atoms with Crippen molar-refractivity contribution in [3.63, 3.8) is 0 Å². The molecule has 0 radical (unpaired) electrons. The van der Waals surface area contributed by atoms with Crippen LogP contribution < -0.4 is 10.5 Å². The van der Waals surface area contributed by atoms with Crippen molar-refractivity contribution in [3.8, 4) is 0 Å². The largest absolute Gasteiger partial charge is 0.416 e. The van der Waals surface area contributed by atoms with Gasteiger partial charge >= 0.3 is 6.18 Å². The van der Waals surface area contributed by atoms with Gasteiger partial charge in [-0.3, -0.25) is 9.48 Å². The molecule has 0 N–H and O–H groups in total. The fourth-order valence-corrected chi connectivity index (χ4v) is 4.88. The number of alkyl halides is 3. The van der Waals surface area contributed by atoms with Gasteiger partial charge in [0.15, 0.2) is 6.23 Å². The molecule has 0 bridgehead atoms. The summed E-state index contributed by atoms with van der Waals surface area (Å²) < 4.78 is 62.1. The van der Waals surface area contributed by atoms with Crippen molar-refractivity contribution >= 4 is 17.3 Å². The number of fused-ring (bicyclic) bond motifs is 1. The van der Waals surface area contributed by atoms with Crippen LogP contribution in [0.25, 0.3) is 0 Å². The van der Waals surface area contributed by atoms with E-state index in [0.29, 0.717) is 44.3 Å². The Labute approximate surface area is 202 Å². The van der Waals surface area contributed by atoms with Crippen molar-refractivity contribution in [1.82, 2.24) is 19.6 Å². The molecule has 186 valence electrons. The Bertz CT molecular complexity index is 1300. The van der Waals surface area contributed by atoms with E-state index in [1.807, 2.05) is 4.90 Å². The number of nitrogens with zero attached hydrogens (tertiary/aromatic N) is 5. The van der Waals surface area contributed by atoms with E-state index in [9.17, 15) is 22.4 Å². The highest BCUT2D eigenvalue weighted by molar-refractivity contribution is 6.33. The summed E-state index contributed by atoms with van der Waals surface area (Å²) in [5.41, 5.74) is 0.579. The van der Waals surface area contributed by atoms with Crippen LogP contribution in [0.1, 0.15) is 47.9 Å². The van der Waals surface area contributed by atoms with E-state index in [4.69, 9.17) is 16.3 Å². The zero-order valence-electron chi connectivity index (χ0n) is 18.6. The van der Waals surface area contributed by atoms with Gasteiger partial charge in [0.1, 0.15) is 10.8 Å². The first-order valence-corrected chi connectivity index (χ1v) is 11.6. The summed E-state index contributed by atoms with van der Waals surface area (Å²) in [6.45, 7) is 1.28. The first-order valence-electron chi connectivity index (χ1n) is 11.3. The van der Waals surface area contributed by atoms with Gasteiger partial charge in [-0.05, 0) is 37.0 Å². The number of hydrogen-bond acceptors (Lipinski definition) is 5. The molecule has 7 nitrogen and oxygen atoms in total. The maximum absolute atomic E-state index is 13.5. The van der Waals surface area contributed by atoms with E-state index < -0.39 is 29.3 Å². The van der Waals surface area contributed by atoms with Gasteiger partial charge in [-0.1, -0.05) is 17.7 Å². The van der Waals surface area contributed by atoms with Gasteiger partial charge in [-0.15, -0.1) is 0 Å². The van der Waals surface area contributed by atoms with Gasteiger partial charge in [0.05, 0.1) is 30.2 Å². The monoisotopic (exact) mass is 511 g/mol. The highest BCUT2D eigenvalue weighted by atomic mass is 35.5. The van der Waals surface area contributed by atoms with Gasteiger partial charge in [0.25, 0.3) is 5.56 Å². The molecule has 35 heavy (non-hydrogen) atoms. The second-order valence-electron chi connectivity index (χ2n) is 8.66. The number of anilines is 1. The Morgan fingerprint density at radius 3 is 2.74 bits per heavy atom. The van der Waals surface area contributed by atoms with Crippen LogP contribution in [0, 0.1) is 5.82 Å². The summed E-state index contributed by atoms with van der Waals surface area (Å²) in [7, 11) is 0. The quantitative estimate of drug-likeness (QED) is 0.480. The molecule has 0 saturated carbocycles. The zero-order chi connectivity index (χ0) is 24.7. The molecule has 1 saturated heterocycles. The third kappa shape index (κ3) is 4.66. The van der Waals surface area contributed by atoms with E-state index in [-0.39, 0.29) is 17.1 Å². The maximum Gasteiger partial charge on any atom is 0.416 e. The maximum atomic E-state index is 13.5. The topological polar surface area (TPSA) is 65.2 Å². The molecule has 5 rings (SSSR count). The van der Waals surface area contributed by atoms with Crippen molar-refractivity contribution in [2.75, 3.05) is 18.1 Å². The van der Waals surface area contributed by atoms with E-state index >= 15 is 0 Å². The Morgan fingerprint density at radius 2 is 2.00 bits per heavy atom. The molecule has 12 heteroatoms. The van der Waals surface area contributed by atoms with Gasteiger partial charge < -0.3 is 9.64 Å².